The number of hydrogen-bond donors (Lipinski definition) is 0. The largest absolute Gasteiger partial charge is 0.462 e. The van der Waals surface area contributed by atoms with Gasteiger partial charge in [0.1, 0.15) is 0 Å². The summed E-state index contributed by atoms with van der Waals surface area (Å²) in [5, 5.41) is 0. The summed E-state index contributed by atoms with van der Waals surface area (Å²) >= 11 is 0. The molecule has 1 atom stereocenters. The Labute approximate surface area is 174 Å². The molecule has 0 N–H and O–H groups in total. The SMILES string of the molecule is CCOC(=O)c1cc(C(C)(C)N2CCOCC2)cc2c1Cc1ccccc1S2=O. The zero-order chi connectivity index (χ0) is 20.6. The van der Waals surface area contributed by atoms with E-state index in [9.17, 15) is 9.00 Å². The predicted molar refractivity (Wildman–Crippen MR) is 112 cm³/mol. The maximum atomic E-state index is 13.4. The standard InChI is InChI=1S/C23H27NO4S/c1-4-28-22(25)19-14-17(23(2,3)24-9-11-27-12-10-24)15-21-18(19)13-16-7-5-6-8-20(16)29(21)26/h5-8,14-15H,4,9-13H2,1-3H3. The third-order valence-electron chi connectivity index (χ3n) is 5.95. The van der Waals surface area contributed by atoms with Crippen molar-refractivity contribution in [1.29, 1.82) is 0 Å². The Bertz CT molecular complexity index is 963. The summed E-state index contributed by atoms with van der Waals surface area (Å²) in [7, 11) is -1.32. The van der Waals surface area contributed by atoms with Gasteiger partial charge in [-0.2, -0.15) is 0 Å². The van der Waals surface area contributed by atoms with Crippen molar-refractivity contribution in [3.8, 4) is 0 Å². The number of carbonyl (C=O) groups excluding carboxylic acids is 1. The summed E-state index contributed by atoms with van der Waals surface area (Å²) in [6.45, 7) is 9.44. The first-order valence-corrected chi connectivity index (χ1v) is 11.3. The maximum Gasteiger partial charge on any atom is 0.338 e. The van der Waals surface area contributed by atoms with Crippen molar-refractivity contribution >= 4 is 16.8 Å². The first kappa shape index (κ1) is 20.3. The lowest BCUT2D eigenvalue weighted by Crippen LogP contribution is -2.48. The average Bonchev–Trinajstić information content (AvgIpc) is 2.74. The first-order chi connectivity index (χ1) is 13.9. The lowest BCUT2D eigenvalue weighted by atomic mass is 9.87. The maximum absolute atomic E-state index is 13.4. The molecule has 5 nitrogen and oxygen atoms in total. The van der Waals surface area contributed by atoms with E-state index < -0.39 is 10.8 Å². The van der Waals surface area contributed by atoms with Crippen molar-refractivity contribution in [2.24, 2.45) is 0 Å². The van der Waals surface area contributed by atoms with Crippen LogP contribution in [0.1, 0.15) is 47.8 Å². The van der Waals surface area contributed by atoms with Crippen LogP contribution in [0.3, 0.4) is 0 Å². The summed E-state index contributed by atoms with van der Waals surface area (Å²) < 4.78 is 24.3. The van der Waals surface area contributed by atoms with Crippen molar-refractivity contribution in [2.45, 2.75) is 42.5 Å². The van der Waals surface area contributed by atoms with Gasteiger partial charge in [0.25, 0.3) is 0 Å². The molecule has 4 rings (SSSR count). The number of rotatable bonds is 4. The smallest absolute Gasteiger partial charge is 0.338 e. The molecule has 0 aromatic heterocycles. The number of morpholine rings is 1. The Morgan fingerprint density at radius 2 is 1.90 bits per heavy atom. The van der Waals surface area contributed by atoms with Crippen LogP contribution in [0.15, 0.2) is 46.2 Å². The molecule has 0 spiro atoms. The molecule has 29 heavy (non-hydrogen) atoms. The summed E-state index contributed by atoms with van der Waals surface area (Å²) in [4.78, 5) is 16.7. The van der Waals surface area contributed by atoms with E-state index in [-0.39, 0.29) is 11.5 Å². The highest BCUT2D eigenvalue weighted by atomic mass is 32.2. The second-order valence-electron chi connectivity index (χ2n) is 7.93. The zero-order valence-corrected chi connectivity index (χ0v) is 18.0. The fourth-order valence-electron chi connectivity index (χ4n) is 4.18. The van der Waals surface area contributed by atoms with E-state index in [1.165, 1.54) is 0 Å². The Kier molecular flexibility index (Phi) is 5.60. The zero-order valence-electron chi connectivity index (χ0n) is 17.2. The fraction of sp³-hybridized carbons (Fsp3) is 0.435. The lowest BCUT2D eigenvalue weighted by Gasteiger charge is -2.41. The molecule has 6 heteroatoms. The lowest BCUT2D eigenvalue weighted by molar-refractivity contribution is -0.0119. The normalized spacial score (nSPS) is 19.3. The third-order valence-corrected chi connectivity index (χ3v) is 7.51. The van der Waals surface area contributed by atoms with Crippen molar-refractivity contribution in [2.75, 3.05) is 32.9 Å². The molecule has 0 aliphatic carbocycles. The molecule has 1 fully saturated rings. The van der Waals surface area contributed by atoms with E-state index in [1.807, 2.05) is 36.4 Å². The summed E-state index contributed by atoms with van der Waals surface area (Å²) in [5.41, 5.74) is 3.02. The summed E-state index contributed by atoms with van der Waals surface area (Å²) in [5.74, 6) is -0.347. The van der Waals surface area contributed by atoms with Crippen LogP contribution in [0.5, 0.6) is 0 Å². The van der Waals surface area contributed by atoms with Gasteiger partial charge < -0.3 is 9.47 Å². The van der Waals surface area contributed by atoms with Crippen LogP contribution >= 0.6 is 0 Å². The monoisotopic (exact) mass is 413 g/mol. The van der Waals surface area contributed by atoms with Crippen molar-refractivity contribution in [3.05, 3.63) is 58.7 Å². The van der Waals surface area contributed by atoms with Crippen molar-refractivity contribution in [3.63, 3.8) is 0 Å². The first-order valence-electron chi connectivity index (χ1n) is 10.1. The predicted octanol–water partition coefficient (Wildman–Crippen LogP) is 3.50. The average molecular weight is 414 g/mol. The number of hydrogen-bond acceptors (Lipinski definition) is 5. The number of esters is 1. The van der Waals surface area contributed by atoms with Gasteiger partial charge in [0.05, 0.1) is 36.2 Å². The molecule has 0 bridgehead atoms. The molecule has 2 aliphatic heterocycles. The van der Waals surface area contributed by atoms with Crippen LogP contribution in [0.2, 0.25) is 0 Å². The van der Waals surface area contributed by atoms with Crippen LogP contribution in [-0.2, 0) is 32.2 Å². The number of benzene rings is 2. The molecule has 2 aliphatic rings. The minimum absolute atomic E-state index is 0.310. The number of carbonyl (C=O) groups is 1. The fourth-order valence-corrected chi connectivity index (χ4v) is 5.64. The second-order valence-corrected chi connectivity index (χ2v) is 9.35. The van der Waals surface area contributed by atoms with Crippen LogP contribution in [0, 0.1) is 0 Å². The van der Waals surface area contributed by atoms with Gasteiger partial charge in [0.15, 0.2) is 0 Å². The van der Waals surface area contributed by atoms with Gasteiger partial charge in [-0.15, -0.1) is 0 Å². The molecule has 0 radical (unpaired) electrons. The van der Waals surface area contributed by atoms with Crippen LogP contribution < -0.4 is 0 Å². The van der Waals surface area contributed by atoms with Gasteiger partial charge in [-0.1, -0.05) is 18.2 Å². The minimum atomic E-state index is -1.32. The Balaban J connectivity index is 1.85. The number of nitrogens with zero attached hydrogens (tertiary/aromatic N) is 1. The molecule has 2 heterocycles. The van der Waals surface area contributed by atoms with Gasteiger partial charge in [0, 0.05) is 34.8 Å². The van der Waals surface area contributed by atoms with Gasteiger partial charge >= 0.3 is 5.97 Å². The highest BCUT2D eigenvalue weighted by Crippen LogP contribution is 2.38. The third kappa shape index (κ3) is 3.65. The van der Waals surface area contributed by atoms with Gasteiger partial charge in [-0.05, 0) is 55.7 Å². The number of ether oxygens (including phenoxy) is 2. The molecule has 1 unspecified atom stereocenters. The minimum Gasteiger partial charge on any atom is -0.462 e. The van der Waals surface area contributed by atoms with E-state index in [1.54, 1.807) is 6.92 Å². The second kappa shape index (κ2) is 8.01. The highest BCUT2D eigenvalue weighted by Gasteiger charge is 2.34. The summed E-state index contributed by atoms with van der Waals surface area (Å²) in [6.07, 6.45) is 0.587. The van der Waals surface area contributed by atoms with Crippen LogP contribution in [0.4, 0.5) is 0 Å². The molecular weight excluding hydrogens is 386 g/mol. The quantitative estimate of drug-likeness (QED) is 0.613. The van der Waals surface area contributed by atoms with Crippen molar-refractivity contribution in [1.82, 2.24) is 4.90 Å². The van der Waals surface area contributed by atoms with Crippen molar-refractivity contribution < 1.29 is 18.5 Å². The molecule has 154 valence electrons. The molecule has 2 aromatic carbocycles. The van der Waals surface area contributed by atoms with Gasteiger partial charge in [-0.3, -0.25) is 4.90 Å². The molecule has 1 saturated heterocycles. The summed E-state index contributed by atoms with van der Waals surface area (Å²) in [6, 6.07) is 11.7. The Morgan fingerprint density at radius 3 is 2.62 bits per heavy atom. The van der Waals surface area contributed by atoms with E-state index in [0.29, 0.717) is 31.8 Å². The molecule has 2 aromatic rings. The van der Waals surface area contributed by atoms with E-state index in [2.05, 4.69) is 18.7 Å². The molecule has 0 saturated carbocycles. The van der Waals surface area contributed by atoms with Gasteiger partial charge in [-0.25, -0.2) is 9.00 Å². The van der Waals surface area contributed by atoms with E-state index >= 15 is 0 Å². The Hall–Kier alpha value is -2.02. The van der Waals surface area contributed by atoms with Crippen LogP contribution in [-0.4, -0.2) is 48.0 Å². The van der Waals surface area contributed by atoms with E-state index in [4.69, 9.17) is 9.47 Å². The topological polar surface area (TPSA) is 55.8 Å². The number of fused-ring (bicyclic) bond motifs is 2. The van der Waals surface area contributed by atoms with Crippen LogP contribution in [0.25, 0.3) is 0 Å². The highest BCUT2D eigenvalue weighted by molar-refractivity contribution is 7.85. The Morgan fingerprint density at radius 1 is 1.17 bits per heavy atom. The molecular formula is C23H27NO4S. The van der Waals surface area contributed by atoms with E-state index in [0.717, 1.165) is 39.6 Å². The van der Waals surface area contributed by atoms with Gasteiger partial charge in [0.2, 0.25) is 0 Å². The molecule has 0 amide bonds.